The molecule has 1 aliphatic rings. The lowest BCUT2D eigenvalue weighted by Crippen LogP contribution is -2.56. The van der Waals surface area contributed by atoms with Crippen molar-refractivity contribution < 1.29 is 23.9 Å². The second-order valence-corrected chi connectivity index (χ2v) is 6.55. The second kappa shape index (κ2) is 11.3. The van der Waals surface area contributed by atoms with E-state index in [-0.39, 0.29) is 30.6 Å². The summed E-state index contributed by atoms with van der Waals surface area (Å²) in [6.07, 6.45) is 0.822. The molecular formula is C20H29N3O5. The Bertz CT molecular complexity index is 680. The van der Waals surface area contributed by atoms with Crippen LogP contribution in [0.3, 0.4) is 0 Å². The van der Waals surface area contributed by atoms with Crippen LogP contribution in [0.25, 0.3) is 0 Å². The molecule has 1 aromatic carbocycles. The van der Waals surface area contributed by atoms with Crippen molar-refractivity contribution in [1.82, 2.24) is 15.5 Å². The Labute approximate surface area is 165 Å². The van der Waals surface area contributed by atoms with E-state index in [2.05, 4.69) is 15.4 Å². The maximum atomic E-state index is 12.4. The Morgan fingerprint density at radius 1 is 1.32 bits per heavy atom. The molecule has 2 amide bonds. The molecule has 0 aromatic heterocycles. The Balaban J connectivity index is 1.94. The predicted molar refractivity (Wildman–Crippen MR) is 104 cm³/mol. The minimum Gasteiger partial charge on any atom is -0.494 e. The van der Waals surface area contributed by atoms with Gasteiger partial charge in [0.15, 0.2) is 0 Å². The highest BCUT2D eigenvalue weighted by atomic mass is 16.5. The summed E-state index contributed by atoms with van der Waals surface area (Å²) in [5.74, 6) is 0.127. The molecule has 8 heteroatoms. The van der Waals surface area contributed by atoms with Crippen molar-refractivity contribution in [3.63, 3.8) is 0 Å². The van der Waals surface area contributed by atoms with Crippen molar-refractivity contribution in [3.05, 3.63) is 29.8 Å². The quantitative estimate of drug-likeness (QED) is 0.453. The van der Waals surface area contributed by atoms with Gasteiger partial charge in [-0.1, -0.05) is 18.2 Å². The van der Waals surface area contributed by atoms with Gasteiger partial charge in [0.05, 0.1) is 26.2 Å². The molecule has 154 valence electrons. The number of amides is 2. The monoisotopic (exact) mass is 391 g/mol. The van der Waals surface area contributed by atoms with E-state index in [1.807, 2.05) is 36.1 Å². The van der Waals surface area contributed by atoms with E-state index >= 15 is 0 Å². The molecule has 1 aromatic rings. The average Bonchev–Trinajstić information content (AvgIpc) is 2.69. The summed E-state index contributed by atoms with van der Waals surface area (Å²) < 4.78 is 10.2. The minimum absolute atomic E-state index is 0.0703. The number of hydrogen-bond acceptors (Lipinski definition) is 6. The number of carbonyl (C=O) groups is 3. The Hall–Kier alpha value is -2.61. The predicted octanol–water partition coefficient (Wildman–Crippen LogP) is 0.845. The van der Waals surface area contributed by atoms with Crippen LogP contribution in [-0.4, -0.2) is 62.1 Å². The maximum absolute atomic E-state index is 12.4. The first-order chi connectivity index (χ1) is 13.5. The lowest BCUT2D eigenvalue weighted by atomic mass is 10.1. The summed E-state index contributed by atoms with van der Waals surface area (Å²) in [7, 11) is 1.33. The number of esters is 1. The smallest absolute Gasteiger partial charge is 0.305 e. The topological polar surface area (TPSA) is 97.0 Å². The van der Waals surface area contributed by atoms with Gasteiger partial charge in [-0.3, -0.25) is 19.3 Å². The first-order valence-corrected chi connectivity index (χ1v) is 9.61. The molecule has 0 radical (unpaired) electrons. The second-order valence-electron chi connectivity index (χ2n) is 6.55. The van der Waals surface area contributed by atoms with Gasteiger partial charge in [0.1, 0.15) is 5.75 Å². The van der Waals surface area contributed by atoms with Crippen LogP contribution < -0.4 is 15.4 Å². The van der Waals surface area contributed by atoms with E-state index in [4.69, 9.17) is 4.74 Å². The van der Waals surface area contributed by atoms with Gasteiger partial charge in [-0.2, -0.15) is 0 Å². The highest BCUT2D eigenvalue weighted by Crippen LogP contribution is 2.22. The van der Waals surface area contributed by atoms with Crippen molar-refractivity contribution in [2.24, 2.45) is 0 Å². The van der Waals surface area contributed by atoms with Crippen LogP contribution in [0.15, 0.2) is 24.3 Å². The first-order valence-electron chi connectivity index (χ1n) is 9.61. The van der Waals surface area contributed by atoms with E-state index in [1.165, 1.54) is 7.11 Å². The number of nitrogens with one attached hydrogen (secondary N) is 2. The van der Waals surface area contributed by atoms with Gasteiger partial charge in [0.25, 0.3) is 0 Å². The van der Waals surface area contributed by atoms with Crippen LogP contribution >= 0.6 is 0 Å². The first kappa shape index (κ1) is 21.7. The van der Waals surface area contributed by atoms with Crippen LogP contribution in [-0.2, 0) is 25.7 Å². The van der Waals surface area contributed by atoms with Crippen LogP contribution in [0.4, 0.5) is 0 Å². The molecule has 1 heterocycles. The number of methoxy groups -OCH3 is 1. The highest BCUT2D eigenvalue weighted by Gasteiger charge is 2.31. The number of rotatable bonds is 10. The van der Waals surface area contributed by atoms with Crippen molar-refractivity contribution in [2.75, 3.05) is 33.4 Å². The molecule has 1 atom stereocenters. The van der Waals surface area contributed by atoms with E-state index < -0.39 is 6.04 Å². The number of carbonyl (C=O) groups excluding carboxylic acids is 3. The molecule has 0 spiro atoms. The fourth-order valence-corrected chi connectivity index (χ4v) is 3.13. The van der Waals surface area contributed by atoms with Crippen LogP contribution in [0.2, 0.25) is 0 Å². The third-order valence-electron chi connectivity index (χ3n) is 4.57. The molecular weight excluding hydrogens is 362 g/mol. The molecule has 0 bridgehead atoms. The summed E-state index contributed by atoms with van der Waals surface area (Å²) in [6.45, 7) is 4.60. The standard InChI is InChI=1S/C20H29N3O5/c1-3-28-17-8-5-4-7-15(17)14-23-12-11-22-20(26)16(23)13-18(24)21-10-6-9-19(25)27-2/h4-5,7-8,16H,3,6,9-14H2,1-2H3,(H,21,24)(H,22,26)/t16-/m0/s1. The summed E-state index contributed by atoms with van der Waals surface area (Å²) in [5.41, 5.74) is 0.988. The summed E-state index contributed by atoms with van der Waals surface area (Å²) in [4.78, 5) is 37.8. The molecule has 2 rings (SSSR count). The summed E-state index contributed by atoms with van der Waals surface area (Å²) in [6, 6.07) is 7.19. The van der Waals surface area contributed by atoms with Crippen LogP contribution in [0, 0.1) is 0 Å². The molecule has 2 N–H and O–H groups in total. The molecule has 28 heavy (non-hydrogen) atoms. The fourth-order valence-electron chi connectivity index (χ4n) is 3.13. The number of hydrogen-bond donors (Lipinski definition) is 2. The molecule has 0 saturated carbocycles. The lowest BCUT2D eigenvalue weighted by Gasteiger charge is -2.35. The number of ether oxygens (including phenoxy) is 2. The molecule has 0 aliphatic carbocycles. The van der Waals surface area contributed by atoms with Crippen molar-refractivity contribution in [1.29, 1.82) is 0 Å². The normalized spacial score (nSPS) is 16.9. The number of para-hydroxylation sites is 1. The van der Waals surface area contributed by atoms with Gasteiger partial charge >= 0.3 is 5.97 Å². The van der Waals surface area contributed by atoms with Gasteiger partial charge in [-0.25, -0.2) is 0 Å². The minimum atomic E-state index is -0.538. The van der Waals surface area contributed by atoms with Gasteiger partial charge in [0, 0.05) is 38.2 Å². The molecule has 1 saturated heterocycles. The average molecular weight is 391 g/mol. The van der Waals surface area contributed by atoms with Crippen molar-refractivity contribution >= 4 is 17.8 Å². The number of nitrogens with zero attached hydrogens (tertiary/aromatic N) is 1. The molecule has 8 nitrogen and oxygen atoms in total. The Morgan fingerprint density at radius 2 is 2.11 bits per heavy atom. The van der Waals surface area contributed by atoms with E-state index in [9.17, 15) is 14.4 Å². The SMILES string of the molecule is CCOc1ccccc1CN1CCNC(=O)[C@@H]1CC(=O)NCCCC(=O)OC. The molecule has 1 aliphatic heterocycles. The zero-order valence-electron chi connectivity index (χ0n) is 16.5. The van der Waals surface area contributed by atoms with Gasteiger partial charge in [-0.15, -0.1) is 0 Å². The number of piperazine rings is 1. The van der Waals surface area contributed by atoms with E-state index in [1.54, 1.807) is 0 Å². The van der Waals surface area contributed by atoms with Gasteiger partial charge < -0.3 is 20.1 Å². The largest absolute Gasteiger partial charge is 0.494 e. The van der Waals surface area contributed by atoms with Crippen LogP contribution in [0.5, 0.6) is 5.75 Å². The zero-order valence-corrected chi connectivity index (χ0v) is 16.5. The summed E-state index contributed by atoms with van der Waals surface area (Å²) >= 11 is 0. The summed E-state index contributed by atoms with van der Waals surface area (Å²) in [5, 5.41) is 5.60. The Morgan fingerprint density at radius 3 is 2.86 bits per heavy atom. The highest BCUT2D eigenvalue weighted by molar-refractivity contribution is 5.88. The third kappa shape index (κ3) is 6.53. The molecule has 0 unspecified atom stereocenters. The fraction of sp³-hybridized carbons (Fsp3) is 0.550. The number of benzene rings is 1. The van der Waals surface area contributed by atoms with Crippen molar-refractivity contribution in [3.8, 4) is 5.75 Å². The molecule has 1 fully saturated rings. The Kier molecular flexibility index (Phi) is 8.74. The van der Waals surface area contributed by atoms with Gasteiger partial charge in [-0.05, 0) is 19.4 Å². The van der Waals surface area contributed by atoms with E-state index in [0.29, 0.717) is 39.2 Å². The maximum Gasteiger partial charge on any atom is 0.305 e. The van der Waals surface area contributed by atoms with Gasteiger partial charge in [0.2, 0.25) is 11.8 Å². The third-order valence-corrected chi connectivity index (χ3v) is 4.57. The zero-order chi connectivity index (χ0) is 20.4. The lowest BCUT2D eigenvalue weighted by molar-refractivity contribution is -0.140. The van der Waals surface area contributed by atoms with Crippen LogP contribution in [0.1, 0.15) is 31.7 Å². The van der Waals surface area contributed by atoms with E-state index in [0.717, 1.165) is 11.3 Å². The van der Waals surface area contributed by atoms with Crippen molar-refractivity contribution in [2.45, 2.75) is 38.8 Å².